The van der Waals surface area contributed by atoms with Crippen LogP contribution in [0.15, 0.2) is 59.9 Å². The van der Waals surface area contributed by atoms with Gasteiger partial charge in [0.1, 0.15) is 5.84 Å². The molecule has 0 radical (unpaired) electrons. The molecule has 2 aromatic rings. The van der Waals surface area contributed by atoms with Gasteiger partial charge in [-0.05, 0) is 24.6 Å². The van der Waals surface area contributed by atoms with Gasteiger partial charge in [-0.25, -0.2) is 0 Å². The summed E-state index contributed by atoms with van der Waals surface area (Å²) in [7, 11) is 0. The SMILES string of the molecule is C[C@H](NC(C/C(N)=N/O)c1ccccc1)c1ccccn1. The Morgan fingerprint density at radius 3 is 2.57 bits per heavy atom. The number of aromatic nitrogens is 1. The third-order valence-corrected chi connectivity index (χ3v) is 3.33. The van der Waals surface area contributed by atoms with Gasteiger partial charge in [-0.15, -0.1) is 0 Å². The third kappa shape index (κ3) is 4.29. The Balaban J connectivity index is 2.16. The highest BCUT2D eigenvalue weighted by atomic mass is 16.4. The van der Waals surface area contributed by atoms with Crippen molar-refractivity contribution < 1.29 is 5.21 Å². The number of pyridine rings is 1. The van der Waals surface area contributed by atoms with Crippen molar-refractivity contribution in [3.05, 3.63) is 66.0 Å². The van der Waals surface area contributed by atoms with Crippen molar-refractivity contribution in [2.75, 3.05) is 0 Å². The molecular formula is C16H20N4O. The summed E-state index contributed by atoms with van der Waals surface area (Å²) in [5, 5.41) is 15.4. The first kappa shape index (κ1) is 15.0. The van der Waals surface area contributed by atoms with E-state index in [1.165, 1.54) is 0 Å². The van der Waals surface area contributed by atoms with Crippen molar-refractivity contribution >= 4 is 5.84 Å². The summed E-state index contributed by atoms with van der Waals surface area (Å²) < 4.78 is 0. The largest absolute Gasteiger partial charge is 0.409 e. The second kappa shape index (κ2) is 7.40. The second-order valence-corrected chi connectivity index (χ2v) is 4.90. The molecule has 0 aliphatic heterocycles. The molecule has 4 N–H and O–H groups in total. The van der Waals surface area contributed by atoms with Crippen LogP contribution >= 0.6 is 0 Å². The molecule has 0 saturated carbocycles. The maximum atomic E-state index is 8.80. The zero-order chi connectivity index (χ0) is 15.1. The van der Waals surface area contributed by atoms with E-state index >= 15 is 0 Å². The summed E-state index contributed by atoms with van der Waals surface area (Å²) in [5.74, 6) is 0.199. The Hall–Kier alpha value is -2.40. The van der Waals surface area contributed by atoms with Crippen LogP contribution in [0.2, 0.25) is 0 Å². The van der Waals surface area contributed by atoms with Crippen LogP contribution in [0.1, 0.15) is 36.7 Å². The molecule has 0 fully saturated rings. The van der Waals surface area contributed by atoms with Gasteiger partial charge in [0.2, 0.25) is 0 Å². The van der Waals surface area contributed by atoms with Crippen molar-refractivity contribution in [1.82, 2.24) is 10.3 Å². The smallest absolute Gasteiger partial charge is 0.141 e. The molecule has 0 aliphatic rings. The predicted octanol–water partition coefficient (Wildman–Crippen LogP) is 2.61. The molecule has 21 heavy (non-hydrogen) atoms. The lowest BCUT2D eigenvalue weighted by Gasteiger charge is -2.23. The van der Waals surface area contributed by atoms with Gasteiger partial charge in [0, 0.05) is 24.7 Å². The fourth-order valence-corrected chi connectivity index (χ4v) is 2.23. The van der Waals surface area contributed by atoms with Gasteiger partial charge in [-0.2, -0.15) is 0 Å². The monoisotopic (exact) mass is 284 g/mol. The van der Waals surface area contributed by atoms with Crippen LogP contribution in [0, 0.1) is 0 Å². The number of rotatable bonds is 6. The van der Waals surface area contributed by atoms with Gasteiger partial charge in [0.15, 0.2) is 0 Å². The van der Waals surface area contributed by atoms with E-state index in [9.17, 15) is 0 Å². The third-order valence-electron chi connectivity index (χ3n) is 3.33. The van der Waals surface area contributed by atoms with Crippen LogP contribution in [0.25, 0.3) is 0 Å². The molecule has 1 unspecified atom stereocenters. The molecule has 2 rings (SSSR count). The second-order valence-electron chi connectivity index (χ2n) is 4.90. The average Bonchev–Trinajstić information content (AvgIpc) is 2.55. The van der Waals surface area contributed by atoms with E-state index in [1.54, 1.807) is 6.20 Å². The molecule has 5 heteroatoms. The molecule has 110 valence electrons. The minimum Gasteiger partial charge on any atom is -0.409 e. The van der Waals surface area contributed by atoms with E-state index in [1.807, 2.05) is 55.5 Å². The maximum Gasteiger partial charge on any atom is 0.141 e. The van der Waals surface area contributed by atoms with Crippen LogP contribution in [0.3, 0.4) is 0 Å². The summed E-state index contributed by atoms with van der Waals surface area (Å²) >= 11 is 0. The quantitative estimate of drug-likeness (QED) is 0.329. The molecule has 0 aliphatic carbocycles. The first-order valence-electron chi connectivity index (χ1n) is 6.89. The Bertz CT molecular complexity index is 571. The first-order chi connectivity index (χ1) is 10.2. The van der Waals surface area contributed by atoms with Crippen molar-refractivity contribution in [1.29, 1.82) is 0 Å². The Morgan fingerprint density at radius 1 is 1.24 bits per heavy atom. The van der Waals surface area contributed by atoms with Crippen molar-refractivity contribution in [2.45, 2.75) is 25.4 Å². The lowest BCUT2D eigenvalue weighted by Crippen LogP contribution is -2.29. The van der Waals surface area contributed by atoms with Crippen LogP contribution in [0.4, 0.5) is 0 Å². The van der Waals surface area contributed by atoms with Crippen molar-refractivity contribution in [3.63, 3.8) is 0 Å². The van der Waals surface area contributed by atoms with Gasteiger partial charge in [0.25, 0.3) is 0 Å². The summed E-state index contributed by atoms with van der Waals surface area (Å²) in [6.07, 6.45) is 2.20. The molecule has 0 amide bonds. The first-order valence-corrected chi connectivity index (χ1v) is 6.89. The normalized spacial score (nSPS) is 14.6. The maximum absolute atomic E-state index is 8.80. The van der Waals surface area contributed by atoms with Gasteiger partial charge < -0.3 is 16.3 Å². The molecule has 0 spiro atoms. The van der Waals surface area contributed by atoms with Crippen LogP contribution in [-0.4, -0.2) is 16.0 Å². The highest BCUT2D eigenvalue weighted by Crippen LogP contribution is 2.21. The lowest BCUT2D eigenvalue weighted by atomic mass is 10.0. The highest BCUT2D eigenvalue weighted by Gasteiger charge is 2.17. The van der Waals surface area contributed by atoms with Gasteiger partial charge in [-0.1, -0.05) is 41.6 Å². The lowest BCUT2D eigenvalue weighted by molar-refractivity contribution is 0.315. The molecular weight excluding hydrogens is 264 g/mol. The number of nitrogens with zero attached hydrogens (tertiary/aromatic N) is 2. The standard InChI is InChI=1S/C16H20N4O/c1-12(14-9-5-6-10-18-14)19-15(11-16(17)20-21)13-7-3-2-4-8-13/h2-10,12,15,19,21H,11H2,1H3,(H2,17,20)/t12-,15?/m0/s1. The average molecular weight is 284 g/mol. The van der Waals surface area contributed by atoms with E-state index in [-0.39, 0.29) is 17.9 Å². The van der Waals surface area contributed by atoms with E-state index in [2.05, 4.69) is 15.5 Å². The predicted molar refractivity (Wildman–Crippen MR) is 83.0 cm³/mol. The fraction of sp³-hybridized carbons (Fsp3) is 0.250. The number of oxime groups is 1. The van der Waals surface area contributed by atoms with E-state index in [0.717, 1.165) is 11.3 Å². The van der Waals surface area contributed by atoms with Crippen molar-refractivity contribution in [3.8, 4) is 0 Å². The Kier molecular flexibility index (Phi) is 5.29. The summed E-state index contributed by atoms with van der Waals surface area (Å²) in [4.78, 5) is 4.35. The molecule has 0 saturated heterocycles. The minimum atomic E-state index is -0.0425. The van der Waals surface area contributed by atoms with E-state index in [4.69, 9.17) is 10.9 Å². The molecule has 1 heterocycles. The molecule has 1 aromatic carbocycles. The molecule has 1 aromatic heterocycles. The van der Waals surface area contributed by atoms with E-state index < -0.39 is 0 Å². The number of nitrogens with one attached hydrogen (secondary N) is 1. The molecule has 0 bridgehead atoms. The fourth-order valence-electron chi connectivity index (χ4n) is 2.23. The number of nitrogens with two attached hydrogens (primary N) is 1. The minimum absolute atomic E-state index is 0.0425. The summed E-state index contributed by atoms with van der Waals surface area (Å²) in [6.45, 7) is 2.05. The summed E-state index contributed by atoms with van der Waals surface area (Å²) in [6, 6.07) is 15.8. The Morgan fingerprint density at radius 2 is 1.95 bits per heavy atom. The number of benzene rings is 1. The highest BCUT2D eigenvalue weighted by molar-refractivity contribution is 5.80. The van der Waals surface area contributed by atoms with E-state index in [0.29, 0.717) is 6.42 Å². The number of hydrogen-bond donors (Lipinski definition) is 3. The van der Waals surface area contributed by atoms with Crippen molar-refractivity contribution in [2.24, 2.45) is 10.9 Å². The van der Waals surface area contributed by atoms with Gasteiger partial charge >= 0.3 is 0 Å². The topological polar surface area (TPSA) is 83.5 Å². The zero-order valence-electron chi connectivity index (χ0n) is 12.0. The number of hydrogen-bond acceptors (Lipinski definition) is 4. The van der Waals surface area contributed by atoms with Crippen LogP contribution < -0.4 is 11.1 Å². The van der Waals surface area contributed by atoms with Gasteiger partial charge in [0.05, 0.1) is 5.69 Å². The van der Waals surface area contributed by atoms with Crippen LogP contribution in [-0.2, 0) is 0 Å². The number of amidine groups is 1. The molecule has 2 atom stereocenters. The molecule has 5 nitrogen and oxygen atoms in total. The summed E-state index contributed by atoms with van der Waals surface area (Å²) in [5.41, 5.74) is 7.72. The van der Waals surface area contributed by atoms with Crippen LogP contribution in [0.5, 0.6) is 0 Å². The Labute approximate surface area is 124 Å². The van der Waals surface area contributed by atoms with Gasteiger partial charge in [-0.3, -0.25) is 4.98 Å². The zero-order valence-corrected chi connectivity index (χ0v) is 12.0.